The van der Waals surface area contributed by atoms with Crippen molar-refractivity contribution in [2.24, 2.45) is 0 Å². The molecule has 2 amide bonds. The van der Waals surface area contributed by atoms with E-state index < -0.39 is 24.5 Å². The van der Waals surface area contributed by atoms with Crippen LogP contribution < -0.4 is 16.2 Å². The number of fused-ring (bicyclic) bond motifs is 2. The van der Waals surface area contributed by atoms with Crippen LogP contribution >= 0.6 is 0 Å². The number of nitrogens with zero attached hydrogens (tertiary/aromatic N) is 2. The highest BCUT2D eigenvalue weighted by molar-refractivity contribution is 5.95. The first-order valence-corrected chi connectivity index (χ1v) is 9.18. The van der Waals surface area contributed by atoms with Crippen molar-refractivity contribution in [3.8, 4) is 0 Å². The van der Waals surface area contributed by atoms with Gasteiger partial charge < -0.3 is 15.4 Å². The molecule has 9 heteroatoms. The van der Waals surface area contributed by atoms with Gasteiger partial charge in [-0.2, -0.15) is 0 Å². The lowest BCUT2D eigenvalue weighted by Crippen LogP contribution is -2.46. The summed E-state index contributed by atoms with van der Waals surface area (Å²) in [6, 6.07) is 3.79. The van der Waals surface area contributed by atoms with Crippen molar-refractivity contribution in [2.75, 3.05) is 13.2 Å². The highest BCUT2D eigenvalue weighted by Crippen LogP contribution is 2.16. The number of aromatic nitrogens is 2. The predicted molar refractivity (Wildman–Crippen MR) is 101 cm³/mol. The molecule has 2 heterocycles. The molecule has 2 N–H and O–H groups in total. The Bertz CT molecular complexity index is 998. The zero-order valence-corrected chi connectivity index (χ0v) is 15.8. The zero-order valence-electron chi connectivity index (χ0n) is 15.8. The van der Waals surface area contributed by atoms with Crippen molar-refractivity contribution in [3.63, 3.8) is 0 Å². The van der Waals surface area contributed by atoms with E-state index in [0.29, 0.717) is 29.8 Å². The minimum atomic E-state index is -0.730. The van der Waals surface area contributed by atoms with Crippen molar-refractivity contribution in [3.05, 3.63) is 39.9 Å². The molecule has 9 nitrogen and oxygen atoms in total. The molecule has 148 valence electrons. The van der Waals surface area contributed by atoms with E-state index in [1.165, 1.54) is 19.1 Å². The van der Waals surface area contributed by atoms with Gasteiger partial charge in [-0.25, -0.2) is 9.78 Å². The quantitative estimate of drug-likeness (QED) is 0.682. The van der Waals surface area contributed by atoms with E-state index in [9.17, 15) is 19.2 Å². The Hall–Kier alpha value is -3.23. The number of ether oxygens (including phenoxy) is 1. The molecule has 0 saturated heterocycles. The minimum Gasteiger partial charge on any atom is -0.452 e. The molecule has 1 aromatic carbocycles. The SMILES string of the molecule is CCNC(=O)[C@@H](C)NC(=O)COC(=O)c1ccc2c(=O)n3c(nc2c1)CCC3. The number of nitrogens with one attached hydrogen (secondary N) is 2. The maximum absolute atomic E-state index is 12.4. The van der Waals surface area contributed by atoms with Gasteiger partial charge in [-0.15, -0.1) is 0 Å². The number of likely N-dealkylation sites (N-methyl/N-ethyl adjacent to an activating group) is 1. The van der Waals surface area contributed by atoms with Crippen molar-refractivity contribution >= 4 is 28.7 Å². The van der Waals surface area contributed by atoms with Crippen molar-refractivity contribution in [1.82, 2.24) is 20.2 Å². The number of hydrogen-bond donors (Lipinski definition) is 2. The summed E-state index contributed by atoms with van der Waals surface area (Å²) in [5, 5.41) is 5.48. The van der Waals surface area contributed by atoms with Crippen LogP contribution in [0, 0.1) is 0 Å². The summed E-state index contributed by atoms with van der Waals surface area (Å²) in [6.07, 6.45) is 1.60. The van der Waals surface area contributed by atoms with Gasteiger partial charge in [-0.1, -0.05) is 0 Å². The molecule has 2 aromatic rings. The summed E-state index contributed by atoms with van der Waals surface area (Å²) in [5.41, 5.74) is 0.518. The van der Waals surface area contributed by atoms with E-state index in [0.717, 1.165) is 12.8 Å². The van der Waals surface area contributed by atoms with Crippen LogP contribution in [0.25, 0.3) is 10.9 Å². The third-order valence-corrected chi connectivity index (χ3v) is 4.51. The molecule has 0 unspecified atom stereocenters. The van der Waals surface area contributed by atoms with Crippen LogP contribution in [0.2, 0.25) is 0 Å². The molecule has 0 radical (unpaired) electrons. The molecular weight excluding hydrogens is 364 g/mol. The number of esters is 1. The van der Waals surface area contributed by atoms with E-state index >= 15 is 0 Å². The Labute approximate surface area is 161 Å². The molecule has 28 heavy (non-hydrogen) atoms. The third-order valence-electron chi connectivity index (χ3n) is 4.51. The molecular formula is C19H22N4O5. The van der Waals surface area contributed by atoms with Gasteiger partial charge >= 0.3 is 5.97 Å². The molecule has 0 aliphatic carbocycles. The topological polar surface area (TPSA) is 119 Å². The molecule has 1 aliphatic heterocycles. The maximum Gasteiger partial charge on any atom is 0.338 e. The van der Waals surface area contributed by atoms with Gasteiger partial charge in [0.1, 0.15) is 11.9 Å². The number of hydrogen-bond acceptors (Lipinski definition) is 6. The summed E-state index contributed by atoms with van der Waals surface area (Å²) >= 11 is 0. The number of carbonyl (C=O) groups excluding carboxylic acids is 3. The first-order chi connectivity index (χ1) is 13.4. The summed E-state index contributed by atoms with van der Waals surface area (Å²) in [7, 11) is 0. The summed E-state index contributed by atoms with van der Waals surface area (Å²) in [6.45, 7) is 3.91. The third kappa shape index (κ3) is 4.03. The van der Waals surface area contributed by atoms with Crippen LogP contribution in [0.1, 0.15) is 36.5 Å². The van der Waals surface area contributed by atoms with E-state index in [2.05, 4.69) is 15.6 Å². The van der Waals surface area contributed by atoms with Crippen molar-refractivity contribution in [2.45, 2.75) is 39.3 Å². The number of amides is 2. The van der Waals surface area contributed by atoms with E-state index in [1.807, 2.05) is 0 Å². The predicted octanol–water partition coefficient (Wildman–Crippen LogP) is 0.140. The van der Waals surface area contributed by atoms with Gasteiger partial charge in [0.2, 0.25) is 5.91 Å². The van der Waals surface area contributed by atoms with Gasteiger partial charge in [0.15, 0.2) is 6.61 Å². The largest absolute Gasteiger partial charge is 0.452 e. The lowest BCUT2D eigenvalue weighted by Gasteiger charge is -2.13. The van der Waals surface area contributed by atoms with Gasteiger partial charge in [-0.3, -0.25) is 19.0 Å². The molecule has 0 fully saturated rings. The van der Waals surface area contributed by atoms with Gasteiger partial charge in [0.05, 0.1) is 16.5 Å². The van der Waals surface area contributed by atoms with E-state index in [4.69, 9.17) is 4.74 Å². The first-order valence-electron chi connectivity index (χ1n) is 9.18. The van der Waals surface area contributed by atoms with Crippen LogP contribution in [0.3, 0.4) is 0 Å². The van der Waals surface area contributed by atoms with E-state index in [1.54, 1.807) is 17.6 Å². The normalized spacial score (nSPS) is 13.6. The molecule has 0 bridgehead atoms. The number of aryl methyl sites for hydroxylation is 1. The van der Waals surface area contributed by atoms with Crippen molar-refractivity contribution in [1.29, 1.82) is 0 Å². The summed E-state index contributed by atoms with van der Waals surface area (Å²) < 4.78 is 6.66. The van der Waals surface area contributed by atoms with Gasteiger partial charge in [0.25, 0.3) is 11.5 Å². The smallest absolute Gasteiger partial charge is 0.338 e. The Balaban J connectivity index is 1.65. The second kappa shape index (κ2) is 8.20. The average molecular weight is 386 g/mol. The zero-order chi connectivity index (χ0) is 20.3. The average Bonchev–Trinajstić information content (AvgIpc) is 3.14. The Kier molecular flexibility index (Phi) is 5.72. The Morgan fingerprint density at radius 1 is 1.32 bits per heavy atom. The molecule has 0 saturated carbocycles. The van der Waals surface area contributed by atoms with Crippen LogP contribution in [0.4, 0.5) is 0 Å². The standard InChI is InChI=1S/C19H22N4O5/c1-3-20-17(25)11(2)21-16(24)10-28-19(27)12-6-7-13-14(9-12)22-15-5-4-8-23(15)18(13)26/h6-7,9,11H,3-5,8,10H2,1-2H3,(H,20,25)(H,21,24)/t11-/m1/s1. The minimum absolute atomic E-state index is 0.115. The number of benzene rings is 1. The summed E-state index contributed by atoms with van der Waals surface area (Å²) in [4.78, 5) is 52.6. The van der Waals surface area contributed by atoms with Crippen LogP contribution in [0.15, 0.2) is 23.0 Å². The fourth-order valence-electron chi connectivity index (χ4n) is 3.10. The van der Waals surface area contributed by atoms with Gasteiger partial charge in [0, 0.05) is 19.5 Å². The molecule has 3 rings (SSSR count). The fraction of sp³-hybridized carbons (Fsp3) is 0.421. The molecule has 1 aromatic heterocycles. The Morgan fingerprint density at radius 3 is 2.86 bits per heavy atom. The monoisotopic (exact) mass is 386 g/mol. The van der Waals surface area contributed by atoms with Crippen LogP contribution in [0.5, 0.6) is 0 Å². The van der Waals surface area contributed by atoms with Crippen LogP contribution in [-0.4, -0.2) is 46.5 Å². The second-order valence-corrected chi connectivity index (χ2v) is 6.58. The van der Waals surface area contributed by atoms with E-state index in [-0.39, 0.29) is 17.0 Å². The molecule has 1 aliphatic rings. The summed E-state index contributed by atoms with van der Waals surface area (Å²) in [5.74, 6) is -0.893. The highest BCUT2D eigenvalue weighted by Gasteiger charge is 2.19. The molecule has 0 spiro atoms. The fourth-order valence-corrected chi connectivity index (χ4v) is 3.10. The molecule has 1 atom stereocenters. The Morgan fingerprint density at radius 2 is 2.11 bits per heavy atom. The van der Waals surface area contributed by atoms with Gasteiger partial charge in [-0.05, 0) is 38.5 Å². The number of rotatable bonds is 6. The van der Waals surface area contributed by atoms with Crippen LogP contribution in [-0.2, 0) is 27.3 Å². The lowest BCUT2D eigenvalue weighted by molar-refractivity contribution is -0.130. The first kappa shape index (κ1) is 19.5. The number of carbonyl (C=O) groups is 3. The maximum atomic E-state index is 12.4. The highest BCUT2D eigenvalue weighted by atomic mass is 16.5. The second-order valence-electron chi connectivity index (χ2n) is 6.58. The lowest BCUT2D eigenvalue weighted by atomic mass is 10.1. The van der Waals surface area contributed by atoms with Crippen molar-refractivity contribution < 1.29 is 19.1 Å².